The van der Waals surface area contributed by atoms with Crippen LogP contribution in [0.3, 0.4) is 0 Å². The lowest BCUT2D eigenvalue weighted by molar-refractivity contribution is -0.145. The lowest BCUT2D eigenvalue weighted by Gasteiger charge is -2.55. The minimum Gasteiger partial charge on any atom is -0.508 e. The number of ketones is 2. The summed E-state index contributed by atoms with van der Waals surface area (Å²) in [7, 11) is 1.51. The number of benzene rings is 3. The molecule has 3 aromatic carbocycles. The van der Waals surface area contributed by atoms with Crippen LogP contribution >= 0.6 is 0 Å². The van der Waals surface area contributed by atoms with E-state index in [1.165, 1.54) is 18.1 Å². The van der Waals surface area contributed by atoms with E-state index in [0.29, 0.717) is 34.4 Å². The van der Waals surface area contributed by atoms with Gasteiger partial charge in [-0.1, -0.05) is 78.4 Å². The highest BCUT2D eigenvalue weighted by Gasteiger charge is 2.67. The molecule has 2 amide bonds. The van der Waals surface area contributed by atoms with Crippen LogP contribution in [-0.2, 0) is 24.6 Å². The number of rotatable bonds is 4. The fourth-order valence-electron chi connectivity index (χ4n) is 8.85. The van der Waals surface area contributed by atoms with Gasteiger partial charge in [-0.2, -0.15) is 0 Å². The summed E-state index contributed by atoms with van der Waals surface area (Å²) < 4.78 is 5.83. The van der Waals surface area contributed by atoms with Gasteiger partial charge in [-0.25, -0.2) is 0 Å². The average Bonchev–Trinajstić information content (AvgIpc) is 3.32. The van der Waals surface area contributed by atoms with Gasteiger partial charge in [0.25, 0.3) is 0 Å². The van der Waals surface area contributed by atoms with Gasteiger partial charge in [0.2, 0.25) is 11.8 Å². The smallest absolute Gasteiger partial charge is 0.234 e. The second-order valence-corrected chi connectivity index (χ2v) is 13.9. The molecule has 4 aliphatic rings. The summed E-state index contributed by atoms with van der Waals surface area (Å²) in [5.74, 6) is -4.06. The molecule has 3 aliphatic carbocycles. The van der Waals surface area contributed by atoms with Crippen LogP contribution in [-0.4, -0.2) is 46.0 Å². The van der Waals surface area contributed by atoms with Crippen LogP contribution < -0.4 is 4.74 Å². The summed E-state index contributed by atoms with van der Waals surface area (Å²) in [5, 5.41) is 11.6. The topological polar surface area (TPSA) is 101 Å². The quantitative estimate of drug-likeness (QED) is 0.285. The zero-order chi connectivity index (χ0) is 32.5. The van der Waals surface area contributed by atoms with E-state index < -0.39 is 40.5 Å². The van der Waals surface area contributed by atoms with Crippen molar-refractivity contribution in [2.75, 3.05) is 7.11 Å². The molecule has 234 valence electrons. The summed E-state index contributed by atoms with van der Waals surface area (Å²) in [4.78, 5) is 59.4. The number of hydrogen-bond acceptors (Lipinski definition) is 6. The standard InChI is InChI=1S/C39H37NO6/c1-38(2,3)40-36(44)25-19-18-24-27(32(25)37(40)45)20-28-35(43)26(22-12-7-5-8-13-22)21-31(42)39(28,23-14-9-6-10-15-23)34(24)33-29(41)16-11-17-30(33)46-4/h5-18,21,25,27-28,32,34,41H,19-20H2,1-4H3/t25-,27+,28-,32-,34+,39-/m0/s1. The van der Waals surface area contributed by atoms with Crippen molar-refractivity contribution in [3.63, 3.8) is 0 Å². The first-order valence-electron chi connectivity index (χ1n) is 15.9. The molecule has 0 spiro atoms. The van der Waals surface area contributed by atoms with Crippen molar-refractivity contribution in [2.45, 2.75) is 50.5 Å². The zero-order valence-corrected chi connectivity index (χ0v) is 26.4. The maximum Gasteiger partial charge on any atom is 0.234 e. The number of ether oxygens (including phenoxy) is 1. The molecule has 3 aromatic rings. The monoisotopic (exact) mass is 615 g/mol. The Balaban J connectivity index is 1.54. The number of Topliss-reactive ketones (excluding diaryl/α,β-unsaturated/α-hetero) is 1. The molecule has 0 bridgehead atoms. The lowest BCUT2D eigenvalue weighted by Crippen LogP contribution is -2.59. The number of likely N-dealkylation sites (tertiary alicyclic amines) is 1. The first-order valence-corrected chi connectivity index (χ1v) is 15.9. The summed E-state index contributed by atoms with van der Waals surface area (Å²) in [5.41, 5.74) is 0.666. The normalized spacial score (nSPS) is 29.0. The van der Waals surface area contributed by atoms with Crippen LogP contribution in [0.2, 0.25) is 0 Å². The number of methoxy groups -OCH3 is 1. The maximum absolute atomic E-state index is 15.1. The summed E-state index contributed by atoms with van der Waals surface area (Å²) >= 11 is 0. The van der Waals surface area contributed by atoms with E-state index in [1.54, 1.807) is 18.2 Å². The summed E-state index contributed by atoms with van der Waals surface area (Å²) in [6.07, 6.45) is 4.00. The molecule has 46 heavy (non-hydrogen) atoms. The van der Waals surface area contributed by atoms with Gasteiger partial charge in [0.05, 0.1) is 24.4 Å². The van der Waals surface area contributed by atoms with E-state index in [4.69, 9.17) is 4.74 Å². The van der Waals surface area contributed by atoms with E-state index in [0.717, 1.165) is 5.57 Å². The SMILES string of the molecule is COc1cccc(O)c1[C@H]1C2=CC[C@@H]3C(=O)N(C(C)(C)C)C(=O)[C@@H]3[C@@H]2C[C@H]2C(=O)C(c3ccccc3)=CC(=O)[C@@]12c1ccccc1. The van der Waals surface area contributed by atoms with Crippen LogP contribution in [0, 0.1) is 23.7 Å². The maximum atomic E-state index is 15.1. The Morgan fingerprint density at radius 3 is 2.17 bits per heavy atom. The van der Waals surface area contributed by atoms with Crippen molar-refractivity contribution in [1.82, 2.24) is 4.90 Å². The highest BCUT2D eigenvalue weighted by Crippen LogP contribution is 2.65. The number of phenolic OH excluding ortho intramolecular Hbond substituents is 1. The van der Waals surface area contributed by atoms with Crippen LogP contribution in [0.1, 0.15) is 56.2 Å². The first kappa shape index (κ1) is 29.9. The third-order valence-corrected chi connectivity index (χ3v) is 10.6. The second kappa shape index (κ2) is 10.6. The molecule has 7 heteroatoms. The molecule has 0 unspecified atom stereocenters. The predicted octanol–water partition coefficient (Wildman–Crippen LogP) is 6.02. The van der Waals surface area contributed by atoms with E-state index in [1.807, 2.05) is 87.5 Å². The summed E-state index contributed by atoms with van der Waals surface area (Å²) in [6, 6.07) is 23.5. The van der Waals surface area contributed by atoms with Gasteiger partial charge < -0.3 is 9.84 Å². The van der Waals surface area contributed by atoms with Gasteiger partial charge in [0.15, 0.2) is 11.6 Å². The highest BCUT2D eigenvalue weighted by atomic mass is 16.5. The molecule has 7 nitrogen and oxygen atoms in total. The molecule has 1 saturated carbocycles. The number of amides is 2. The Morgan fingerprint density at radius 1 is 0.848 bits per heavy atom. The second-order valence-electron chi connectivity index (χ2n) is 13.9. The number of hydrogen-bond donors (Lipinski definition) is 1. The largest absolute Gasteiger partial charge is 0.508 e. The van der Waals surface area contributed by atoms with E-state index in [2.05, 4.69) is 0 Å². The van der Waals surface area contributed by atoms with Crippen molar-refractivity contribution >= 4 is 29.0 Å². The van der Waals surface area contributed by atoms with E-state index in [9.17, 15) is 19.5 Å². The number of carbonyl (C=O) groups excluding carboxylic acids is 4. The highest BCUT2D eigenvalue weighted by molar-refractivity contribution is 6.31. The van der Waals surface area contributed by atoms with Crippen LogP contribution in [0.4, 0.5) is 0 Å². The van der Waals surface area contributed by atoms with Crippen molar-refractivity contribution in [3.05, 3.63) is 113 Å². The first-order chi connectivity index (χ1) is 22.0. The number of aromatic hydroxyl groups is 1. The molecular formula is C39H37NO6. The minimum atomic E-state index is -1.44. The molecule has 0 radical (unpaired) electrons. The Hall–Kier alpha value is -4.78. The number of allylic oxidation sites excluding steroid dienone is 4. The zero-order valence-electron chi connectivity index (χ0n) is 26.4. The Labute approximate surface area is 268 Å². The van der Waals surface area contributed by atoms with Gasteiger partial charge in [0.1, 0.15) is 11.5 Å². The molecule has 1 heterocycles. The average molecular weight is 616 g/mol. The summed E-state index contributed by atoms with van der Waals surface area (Å²) in [6.45, 7) is 5.56. The fraction of sp³-hybridized carbons (Fsp3) is 0.333. The molecule has 1 aliphatic heterocycles. The van der Waals surface area contributed by atoms with Crippen molar-refractivity contribution in [1.29, 1.82) is 0 Å². The number of imide groups is 1. The molecule has 6 atom stereocenters. The van der Waals surface area contributed by atoms with Gasteiger partial charge in [-0.15, -0.1) is 0 Å². The van der Waals surface area contributed by atoms with Crippen LogP contribution in [0.5, 0.6) is 11.5 Å². The molecular weight excluding hydrogens is 578 g/mol. The van der Waals surface area contributed by atoms with Gasteiger partial charge in [0, 0.05) is 28.5 Å². The van der Waals surface area contributed by atoms with Crippen molar-refractivity contribution < 1.29 is 29.0 Å². The van der Waals surface area contributed by atoms with Gasteiger partial charge >= 0.3 is 0 Å². The Bertz CT molecular complexity index is 1830. The molecule has 1 saturated heterocycles. The van der Waals surface area contributed by atoms with Crippen molar-refractivity contribution in [3.8, 4) is 11.5 Å². The number of phenols is 1. The lowest BCUT2D eigenvalue weighted by atomic mass is 9.44. The third kappa shape index (κ3) is 4.10. The van der Waals surface area contributed by atoms with Crippen LogP contribution in [0.15, 0.2) is 96.6 Å². The Kier molecular flexibility index (Phi) is 6.92. The van der Waals surface area contributed by atoms with Crippen molar-refractivity contribution in [2.24, 2.45) is 23.7 Å². The number of fused-ring (bicyclic) bond motifs is 4. The van der Waals surface area contributed by atoms with Gasteiger partial charge in [-0.3, -0.25) is 24.1 Å². The van der Waals surface area contributed by atoms with Gasteiger partial charge in [-0.05, 0) is 68.9 Å². The molecule has 2 fully saturated rings. The fourth-order valence-corrected chi connectivity index (χ4v) is 8.85. The predicted molar refractivity (Wildman–Crippen MR) is 173 cm³/mol. The molecule has 0 aromatic heterocycles. The number of carbonyl (C=O) groups is 4. The molecule has 1 N–H and O–H groups in total. The Morgan fingerprint density at radius 2 is 1.52 bits per heavy atom. The third-order valence-electron chi connectivity index (χ3n) is 10.6. The number of nitrogens with zero attached hydrogens (tertiary/aromatic N) is 1. The van der Waals surface area contributed by atoms with E-state index in [-0.39, 0.29) is 35.6 Å². The molecule has 7 rings (SSSR count). The minimum absolute atomic E-state index is 0.0645. The van der Waals surface area contributed by atoms with E-state index >= 15 is 4.79 Å². The van der Waals surface area contributed by atoms with Crippen LogP contribution in [0.25, 0.3) is 5.57 Å².